The standard InChI is InChI=1S/C23H33P3/c1-18(2,3)21-22(19(4,5)6)25-17(16-13-11-10-12-14-16)15-24(21)23(25,26(21)22)20(7,8)9/h10-15H,1-9H3/t21-,22+,23?,24-,25-,26?/m1/s1. The molecule has 140 valence electrons. The molecule has 3 heteroatoms. The molecule has 0 bridgehead atoms. The minimum Gasteiger partial charge on any atom is -0.0640 e. The molecule has 0 aromatic heterocycles. The van der Waals surface area contributed by atoms with Gasteiger partial charge >= 0.3 is 0 Å². The summed E-state index contributed by atoms with van der Waals surface area (Å²) in [4.78, 5) is 1.31. The van der Waals surface area contributed by atoms with Gasteiger partial charge in [-0.05, 0) is 40.9 Å². The first kappa shape index (κ1) is 18.3. The molecule has 1 aromatic rings. The third-order valence-electron chi connectivity index (χ3n) is 7.37. The molecule has 0 aliphatic carbocycles. The highest BCUT2D eigenvalue weighted by Gasteiger charge is 3.11. The van der Waals surface area contributed by atoms with E-state index in [1.54, 1.807) is 5.31 Å². The Morgan fingerprint density at radius 2 is 1.23 bits per heavy atom. The molecule has 0 saturated carbocycles. The lowest BCUT2D eigenvalue weighted by molar-refractivity contribution is 0.294. The summed E-state index contributed by atoms with van der Waals surface area (Å²) in [5.74, 6) is 2.85. The van der Waals surface area contributed by atoms with E-state index in [-0.39, 0.29) is 23.8 Å². The Bertz CT molecular complexity index is 835. The zero-order valence-corrected chi connectivity index (χ0v) is 20.5. The fraction of sp³-hybridized carbons (Fsp3) is 0.652. The second-order valence-corrected chi connectivity index (χ2v) is 20.9. The van der Waals surface area contributed by atoms with Crippen LogP contribution in [0.2, 0.25) is 0 Å². The van der Waals surface area contributed by atoms with E-state index in [0.717, 1.165) is 0 Å². The average Bonchev–Trinajstić information content (AvgIpc) is 2.78. The molecule has 5 rings (SSSR count). The molecule has 3 fully saturated rings. The van der Waals surface area contributed by atoms with E-state index in [9.17, 15) is 0 Å². The predicted molar refractivity (Wildman–Crippen MR) is 122 cm³/mol. The number of rotatable bonds is 1. The van der Waals surface area contributed by atoms with E-state index in [2.05, 4.69) is 98.5 Å². The molecule has 4 heterocycles. The second kappa shape index (κ2) is 4.53. The highest BCUT2D eigenvalue weighted by Crippen LogP contribution is 3.37. The molecular formula is C23H33P3. The number of hydrogen-bond donors (Lipinski definition) is 0. The summed E-state index contributed by atoms with van der Waals surface area (Å²) in [6.45, 7) is 23.1. The Hall–Kier alpha value is 0.250. The summed E-state index contributed by atoms with van der Waals surface area (Å²) >= 11 is 0. The first-order valence-corrected chi connectivity index (χ1v) is 14.1. The van der Waals surface area contributed by atoms with Gasteiger partial charge in [0.2, 0.25) is 0 Å². The lowest BCUT2D eigenvalue weighted by atomic mass is 9.80. The SMILES string of the molecule is CC(C)(C)C12P3[C@@]4(C(C)(C)C)[P@@]1C=C(c1ccccc1)[P@]2[C@@]34C(C)(C)C. The number of fused-ring (bicyclic) bond motifs is 3. The zero-order chi connectivity index (χ0) is 19.1. The second-order valence-electron chi connectivity index (χ2n) is 11.7. The maximum atomic E-state index is 2.85. The molecule has 0 nitrogen and oxygen atoms in total. The van der Waals surface area contributed by atoms with Gasteiger partial charge in [0, 0.05) is 14.4 Å². The molecule has 26 heavy (non-hydrogen) atoms. The molecule has 0 radical (unpaired) electrons. The Morgan fingerprint density at radius 1 is 0.692 bits per heavy atom. The van der Waals surface area contributed by atoms with Gasteiger partial charge in [0.05, 0.1) is 0 Å². The van der Waals surface area contributed by atoms with Gasteiger partial charge in [-0.2, -0.15) is 0 Å². The van der Waals surface area contributed by atoms with Crippen molar-refractivity contribution in [2.75, 3.05) is 0 Å². The molecule has 0 amide bonds. The number of benzene rings is 1. The van der Waals surface area contributed by atoms with Gasteiger partial charge in [-0.3, -0.25) is 0 Å². The third-order valence-corrected chi connectivity index (χ3v) is 26.0. The third kappa shape index (κ3) is 1.41. The molecule has 3 saturated heterocycles. The van der Waals surface area contributed by atoms with Crippen molar-refractivity contribution < 1.29 is 0 Å². The first-order chi connectivity index (χ1) is 11.8. The van der Waals surface area contributed by atoms with Crippen molar-refractivity contribution in [2.45, 2.75) is 76.7 Å². The fourth-order valence-electron chi connectivity index (χ4n) is 6.96. The van der Waals surface area contributed by atoms with Gasteiger partial charge in [-0.15, -0.1) is 0 Å². The van der Waals surface area contributed by atoms with Crippen LogP contribution in [0, 0.1) is 16.2 Å². The highest BCUT2D eigenvalue weighted by atomic mass is 31.3. The smallest absolute Gasteiger partial charge is 0.0462 e. The normalized spacial score (nSPS) is 45.4. The minimum atomic E-state index is -0.0743. The van der Waals surface area contributed by atoms with Crippen LogP contribution in [0.15, 0.2) is 36.1 Å². The Balaban J connectivity index is 1.77. The van der Waals surface area contributed by atoms with Crippen molar-refractivity contribution in [2.24, 2.45) is 16.2 Å². The summed E-state index contributed by atoms with van der Waals surface area (Å²) in [5.41, 5.74) is 2.85. The van der Waals surface area contributed by atoms with E-state index < -0.39 is 0 Å². The van der Waals surface area contributed by atoms with Crippen LogP contribution in [0.25, 0.3) is 5.31 Å². The fourth-order valence-corrected chi connectivity index (χ4v) is 32.4. The quantitative estimate of drug-likeness (QED) is 0.412. The minimum absolute atomic E-state index is 0.0206. The van der Waals surface area contributed by atoms with Crippen LogP contribution in [-0.2, 0) is 0 Å². The molecule has 1 aromatic carbocycles. The van der Waals surface area contributed by atoms with E-state index >= 15 is 0 Å². The van der Waals surface area contributed by atoms with Crippen LogP contribution >= 0.6 is 23.8 Å². The monoisotopic (exact) mass is 402 g/mol. The Morgan fingerprint density at radius 3 is 1.69 bits per heavy atom. The van der Waals surface area contributed by atoms with Crippen molar-refractivity contribution in [1.29, 1.82) is 0 Å². The van der Waals surface area contributed by atoms with Gasteiger partial charge in [-0.25, -0.2) is 0 Å². The molecule has 2 unspecified atom stereocenters. The zero-order valence-electron chi connectivity index (χ0n) is 17.8. The maximum absolute atomic E-state index is 2.85. The van der Waals surface area contributed by atoms with Crippen LogP contribution in [0.1, 0.15) is 67.9 Å². The molecule has 0 N–H and O–H groups in total. The van der Waals surface area contributed by atoms with Crippen molar-refractivity contribution in [3.63, 3.8) is 0 Å². The summed E-state index contributed by atoms with van der Waals surface area (Å²) in [6.07, 6.45) is 0. The Kier molecular flexibility index (Phi) is 3.19. The summed E-state index contributed by atoms with van der Waals surface area (Å²) in [6, 6.07) is 11.4. The van der Waals surface area contributed by atoms with Gasteiger partial charge in [0.15, 0.2) is 0 Å². The van der Waals surface area contributed by atoms with Crippen LogP contribution < -0.4 is 0 Å². The van der Waals surface area contributed by atoms with E-state index in [1.165, 1.54) is 5.56 Å². The van der Waals surface area contributed by atoms with Gasteiger partial charge in [0.1, 0.15) is 0 Å². The van der Waals surface area contributed by atoms with Gasteiger partial charge in [0.25, 0.3) is 0 Å². The van der Waals surface area contributed by atoms with Crippen molar-refractivity contribution in [3.05, 3.63) is 41.7 Å². The van der Waals surface area contributed by atoms with Gasteiger partial charge < -0.3 is 0 Å². The molecular weight excluding hydrogens is 369 g/mol. The van der Waals surface area contributed by atoms with Crippen molar-refractivity contribution in [1.82, 2.24) is 0 Å². The molecule has 6 atom stereocenters. The summed E-state index contributed by atoms with van der Waals surface area (Å²) < 4.78 is 0.679. The van der Waals surface area contributed by atoms with E-state index in [1.807, 2.05) is 0 Å². The average molecular weight is 402 g/mol. The van der Waals surface area contributed by atoms with Crippen LogP contribution in [0.5, 0.6) is 0 Å². The van der Waals surface area contributed by atoms with Gasteiger partial charge in [-0.1, -0.05) is 108 Å². The largest absolute Gasteiger partial charge is 0.0640 e. The summed E-state index contributed by atoms with van der Waals surface area (Å²) in [5, 5.41) is 1.78. The van der Waals surface area contributed by atoms with Crippen LogP contribution in [0.4, 0.5) is 0 Å². The Labute approximate surface area is 163 Å². The molecule has 4 aliphatic heterocycles. The topological polar surface area (TPSA) is 0 Å². The lowest BCUT2D eigenvalue weighted by Gasteiger charge is -2.65. The lowest BCUT2D eigenvalue weighted by Crippen LogP contribution is -2.46. The first-order valence-electron chi connectivity index (χ1n) is 10.00. The molecule has 0 spiro atoms. The van der Waals surface area contributed by atoms with Crippen molar-refractivity contribution in [3.8, 4) is 0 Å². The predicted octanol–water partition coefficient (Wildman–Crippen LogP) is 8.67. The maximum Gasteiger partial charge on any atom is 0.0462 e. The van der Waals surface area contributed by atoms with Crippen LogP contribution in [-0.4, -0.2) is 14.4 Å². The highest BCUT2D eigenvalue weighted by molar-refractivity contribution is 8.29. The van der Waals surface area contributed by atoms with E-state index in [0.29, 0.717) is 30.7 Å². The van der Waals surface area contributed by atoms with Crippen LogP contribution in [0.3, 0.4) is 0 Å². The number of hydrogen-bond acceptors (Lipinski definition) is 0. The van der Waals surface area contributed by atoms with E-state index in [4.69, 9.17) is 0 Å². The summed E-state index contributed by atoms with van der Waals surface area (Å²) in [7, 11) is 0.0454. The molecule has 4 aliphatic rings. The van der Waals surface area contributed by atoms with Crippen molar-refractivity contribution >= 4 is 29.1 Å².